The molecule has 2 aromatic rings. The second-order valence-electron chi connectivity index (χ2n) is 3.99. The van der Waals surface area contributed by atoms with Gasteiger partial charge in [-0.05, 0) is 26.0 Å². The highest BCUT2D eigenvalue weighted by Crippen LogP contribution is 2.24. The molecule has 0 unspecified atom stereocenters. The third-order valence-electron chi connectivity index (χ3n) is 2.58. The maximum Gasteiger partial charge on any atom is 0.149 e. The van der Waals surface area contributed by atoms with Gasteiger partial charge in [0.05, 0.1) is 5.69 Å². The van der Waals surface area contributed by atoms with Gasteiger partial charge in [0.1, 0.15) is 29.1 Å². The van der Waals surface area contributed by atoms with E-state index in [9.17, 15) is 8.78 Å². The number of hydrogen-bond acceptors (Lipinski definition) is 5. The molecule has 1 aromatic heterocycles. The van der Waals surface area contributed by atoms with E-state index in [0.717, 1.165) is 12.1 Å². The number of hydrazine groups is 1. The Morgan fingerprint density at radius 3 is 2.42 bits per heavy atom. The molecule has 19 heavy (non-hydrogen) atoms. The van der Waals surface area contributed by atoms with Crippen LogP contribution in [0, 0.1) is 25.5 Å². The number of aromatic nitrogens is 2. The van der Waals surface area contributed by atoms with E-state index >= 15 is 0 Å². The lowest BCUT2D eigenvalue weighted by atomic mass is 10.2. The molecule has 5 nitrogen and oxygen atoms in total. The molecular weight excluding hydrogens is 252 g/mol. The van der Waals surface area contributed by atoms with Crippen LogP contribution in [0.15, 0.2) is 18.2 Å². The number of hydrogen-bond donors (Lipinski definition) is 3. The molecular formula is C12H13F2N5. The maximum atomic E-state index is 13.6. The zero-order valence-corrected chi connectivity index (χ0v) is 10.5. The second-order valence-corrected chi connectivity index (χ2v) is 3.99. The van der Waals surface area contributed by atoms with Gasteiger partial charge in [-0.3, -0.25) is 0 Å². The molecule has 0 aliphatic carbocycles. The largest absolute Gasteiger partial charge is 0.337 e. The molecule has 0 aliphatic rings. The van der Waals surface area contributed by atoms with Gasteiger partial charge >= 0.3 is 0 Å². The number of nitrogens with two attached hydrogens (primary N) is 1. The summed E-state index contributed by atoms with van der Waals surface area (Å²) in [7, 11) is 0. The van der Waals surface area contributed by atoms with Crippen LogP contribution in [0.2, 0.25) is 0 Å². The van der Waals surface area contributed by atoms with Crippen LogP contribution in [-0.2, 0) is 0 Å². The smallest absolute Gasteiger partial charge is 0.149 e. The average molecular weight is 265 g/mol. The van der Waals surface area contributed by atoms with Gasteiger partial charge in [0.2, 0.25) is 0 Å². The first-order valence-corrected chi connectivity index (χ1v) is 5.55. The van der Waals surface area contributed by atoms with Gasteiger partial charge in [-0.2, -0.15) is 0 Å². The third kappa shape index (κ3) is 2.76. The Morgan fingerprint density at radius 1 is 1.11 bits per heavy atom. The van der Waals surface area contributed by atoms with Gasteiger partial charge < -0.3 is 10.7 Å². The molecule has 7 heteroatoms. The van der Waals surface area contributed by atoms with Crippen molar-refractivity contribution in [3.05, 3.63) is 41.2 Å². The second kappa shape index (κ2) is 5.15. The number of aryl methyl sites for hydroxylation is 1. The zero-order chi connectivity index (χ0) is 14.0. The predicted octanol–water partition coefficient (Wildman–Crippen LogP) is 2.40. The van der Waals surface area contributed by atoms with Gasteiger partial charge in [-0.25, -0.2) is 24.6 Å². The molecule has 0 saturated carbocycles. The Hall–Kier alpha value is -2.28. The van der Waals surface area contributed by atoms with E-state index in [1.807, 2.05) is 0 Å². The standard InChI is InChI=1S/C12H13F2N5/c1-6-11(16-7(2)17-12(6)19-15)18-10-4-3-8(13)5-9(10)14/h3-5H,15H2,1-2H3,(H2,16,17,18,19). The van der Waals surface area contributed by atoms with E-state index in [1.165, 1.54) is 6.07 Å². The molecule has 0 radical (unpaired) electrons. The SMILES string of the molecule is Cc1nc(NN)c(C)c(Nc2ccc(F)cc2F)n1. The van der Waals surface area contributed by atoms with Crippen LogP contribution in [-0.4, -0.2) is 9.97 Å². The summed E-state index contributed by atoms with van der Waals surface area (Å²) in [5.74, 6) is 5.33. The van der Waals surface area contributed by atoms with Crippen molar-refractivity contribution in [1.82, 2.24) is 9.97 Å². The first-order chi connectivity index (χ1) is 9.01. The molecule has 2 rings (SSSR count). The monoisotopic (exact) mass is 265 g/mol. The molecule has 0 amide bonds. The fourth-order valence-corrected chi connectivity index (χ4v) is 1.61. The van der Waals surface area contributed by atoms with Gasteiger partial charge in [-0.1, -0.05) is 0 Å². The minimum absolute atomic E-state index is 0.130. The predicted molar refractivity (Wildman–Crippen MR) is 69.0 cm³/mol. The van der Waals surface area contributed by atoms with Crippen LogP contribution in [0.5, 0.6) is 0 Å². The third-order valence-corrected chi connectivity index (χ3v) is 2.58. The highest BCUT2D eigenvalue weighted by molar-refractivity contribution is 5.64. The lowest BCUT2D eigenvalue weighted by Gasteiger charge is -2.12. The lowest BCUT2D eigenvalue weighted by molar-refractivity contribution is 0.586. The zero-order valence-electron chi connectivity index (χ0n) is 10.5. The Labute approximate surface area is 108 Å². The van der Waals surface area contributed by atoms with Crippen LogP contribution in [0.3, 0.4) is 0 Å². The first-order valence-electron chi connectivity index (χ1n) is 5.55. The van der Waals surface area contributed by atoms with Crippen molar-refractivity contribution in [2.75, 3.05) is 10.7 Å². The maximum absolute atomic E-state index is 13.6. The molecule has 0 spiro atoms. The Bertz CT molecular complexity index is 615. The van der Waals surface area contributed by atoms with Crippen molar-refractivity contribution in [1.29, 1.82) is 0 Å². The summed E-state index contributed by atoms with van der Waals surface area (Å²) in [5, 5.41) is 2.79. The highest BCUT2D eigenvalue weighted by Gasteiger charge is 2.11. The highest BCUT2D eigenvalue weighted by atomic mass is 19.1. The number of rotatable bonds is 3. The van der Waals surface area contributed by atoms with E-state index in [-0.39, 0.29) is 5.69 Å². The van der Waals surface area contributed by atoms with Crippen LogP contribution in [0.4, 0.5) is 26.1 Å². The number of nitrogen functional groups attached to an aromatic ring is 1. The van der Waals surface area contributed by atoms with Gasteiger partial charge in [0, 0.05) is 11.6 Å². The molecule has 1 heterocycles. The van der Waals surface area contributed by atoms with Crippen molar-refractivity contribution in [3.8, 4) is 0 Å². The summed E-state index contributed by atoms with van der Waals surface area (Å²) >= 11 is 0. The van der Waals surface area contributed by atoms with Crippen molar-refractivity contribution in [3.63, 3.8) is 0 Å². The number of nitrogens with one attached hydrogen (secondary N) is 2. The summed E-state index contributed by atoms with van der Waals surface area (Å²) in [4.78, 5) is 8.25. The van der Waals surface area contributed by atoms with E-state index in [4.69, 9.17) is 5.84 Å². The Kier molecular flexibility index (Phi) is 3.57. The van der Waals surface area contributed by atoms with Crippen molar-refractivity contribution in [2.24, 2.45) is 5.84 Å². The van der Waals surface area contributed by atoms with Gasteiger partial charge in [0.15, 0.2) is 0 Å². The Morgan fingerprint density at radius 2 is 1.79 bits per heavy atom. The summed E-state index contributed by atoms with van der Waals surface area (Å²) in [6.07, 6.45) is 0. The van der Waals surface area contributed by atoms with Crippen LogP contribution in [0.25, 0.3) is 0 Å². The average Bonchev–Trinajstić information content (AvgIpc) is 2.36. The summed E-state index contributed by atoms with van der Waals surface area (Å²) in [6.45, 7) is 3.42. The van der Waals surface area contributed by atoms with Crippen LogP contribution in [0.1, 0.15) is 11.4 Å². The molecule has 1 aromatic carbocycles. The fourth-order valence-electron chi connectivity index (χ4n) is 1.61. The van der Waals surface area contributed by atoms with Crippen LogP contribution >= 0.6 is 0 Å². The van der Waals surface area contributed by atoms with Crippen LogP contribution < -0.4 is 16.6 Å². The molecule has 100 valence electrons. The van der Waals surface area contributed by atoms with Gasteiger partial charge in [-0.15, -0.1) is 0 Å². The fraction of sp³-hybridized carbons (Fsp3) is 0.167. The van der Waals surface area contributed by atoms with E-state index < -0.39 is 11.6 Å². The topological polar surface area (TPSA) is 75.9 Å². The number of anilines is 3. The number of nitrogens with zero attached hydrogens (tertiary/aromatic N) is 2. The minimum Gasteiger partial charge on any atom is -0.337 e. The molecule has 0 bridgehead atoms. The first kappa shape index (κ1) is 13.2. The van der Waals surface area contributed by atoms with Gasteiger partial charge in [0.25, 0.3) is 0 Å². The lowest BCUT2D eigenvalue weighted by Crippen LogP contribution is -2.13. The normalized spacial score (nSPS) is 10.4. The quantitative estimate of drug-likeness (QED) is 0.587. The summed E-state index contributed by atoms with van der Waals surface area (Å²) in [6, 6.07) is 3.27. The van der Waals surface area contributed by atoms with E-state index in [0.29, 0.717) is 23.0 Å². The molecule has 0 fully saturated rings. The van der Waals surface area contributed by atoms with Crippen molar-refractivity contribution < 1.29 is 8.78 Å². The van der Waals surface area contributed by atoms with E-state index in [2.05, 4.69) is 20.7 Å². The van der Waals surface area contributed by atoms with E-state index in [1.54, 1.807) is 13.8 Å². The summed E-state index contributed by atoms with van der Waals surface area (Å²) in [5.41, 5.74) is 3.21. The molecule has 0 atom stereocenters. The van der Waals surface area contributed by atoms with Crippen molar-refractivity contribution in [2.45, 2.75) is 13.8 Å². The number of halogens is 2. The molecule has 4 N–H and O–H groups in total. The molecule has 0 saturated heterocycles. The minimum atomic E-state index is -0.696. The number of benzene rings is 1. The Balaban J connectivity index is 2.40. The summed E-state index contributed by atoms with van der Waals surface area (Å²) < 4.78 is 26.4. The van der Waals surface area contributed by atoms with Crippen molar-refractivity contribution >= 4 is 17.3 Å². The molecule has 0 aliphatic heterocycles.